The molecule has 0 unspecified atom stereocenters. The van der Waals surface area contributed by atoms with Crippen LogP contribution in [0.4, 0.5) is 11.4 Å². The molecule has 6 heteroatoms. The molecule has 2 aromatic carbocycles. The van der Waals surface area contributed by atoms with Gasteiger partial charge in [-0.2, -0.15) is 5.11 Å². The summed E-state index contributed by atoms with van der Waals surface area (Å²) in [5, 5.41) is 19.0. The van der Waals surface area contributed by atoms with Crippen LogP contribution in [0.15, 0.2) is 52.7 Å². The zero-order chi connectivity index (χ0) is 15.5. The van der Waals surface area contributed by atoms with Gasteiger partial charge in [0.25, 0.3) is 0 Å². The number of hydrogen-bond acceptors (Lipinski definition) is 5. The van der Waals surface area contributed by atoms with Crippen molar-refractivity contribution in [3.05, 3.63) is 42.5 Å². The second-order valence-corrected chi connectivity index (χ2v) is 4.63. The number of hydrogen-bond donors (Lipinski definition) is 2. The van der Waals surface area contributed by atoms with Gasteiger partial charge in [-0.3, -0.25) is 0 Å². The Morgan fingerprint density at radius 3 is 2.27 bits per heavy atom. The average Bonchev–Trinajstić information content (AvgIpc) is 2.87. The minimum Gasteiger partial charge on any atom is -0.497 e. The number of aromatic nitrogens is 1. The largest absolute Gasteiger partial charge is 0.497 e. The Labute approximate surface area is 127 Å². The summed E-state index contributed by atoms with van der Waals surface area (Å²) in [6.07, 6.45) is 0. The van der Waals surface area contributed by atoms with Gasteiger partial charge in [-0.1, -0.05) is 0 Å². The molecule has 0 saturated heterocycles. The fourth-order valence-corrected chi connectivity index (χ4v) is 2.13. The average molecular weight is 297 g/mol. The van der Waals surface area contributed by atoms with Crippen LogP contribution in [-0.4, -0.2) is 24.3 Å². The number of azo groups is 1. The Balaban J connectivity index is 1.98. The standard InChI is InChI=1S/C16H15N3O3/c1-21-11-5-3-10(4-6-11)18-19-15-13-9-12(22-2)7-8-14(13)17-16(15)20/h3-9,17,20H,1-2H3. The summed E-state index contributed by atoms with van der Waals surface area (Å²) in [5.74, 6) is 1.41. The van der Waals surface area contributed by atoms with Crippen molar-refractivity contribution in [3.63, 3.8) is 0 Å². The van der Waals surface area contributed by atoms with E-state index in [1.165, 1.54) is 0 Å². The summed E-state index contributed by atoms with van der Waals surface area (Å²) < 4.78 is 10.3. The molecule has 22 heavy (non-hydrogen) atoms. The van der Waals surface area contributed by atoms with Gasteiger partial charge < -0.3 is 19.6 Å². The molecule has 3 rings (SSSR count). The van der Waals surface area contributed by atoms with Crippen molar-refractivity contribution in [2.24, 2.45) is 10.2 Å². The second-order valence-electron chi connectivity index (χ2n) is 4.63. The van der Waals surface area contributed by atoms with Gasteiger partial charge in [-0.25, -0.2) is 0 Å². The molecule has 0 spiro atoms. The fourth-order valence-electron chi connectivity index (χ4n) is 2.13. The van der Waals surface area contributed by atoms with Crippen molar-refractivity contribution in [3.8, 4) is 17.4 Å². The van der Waals surface area contributed by atoms with Crippen molar-refractivity contribution in [2.45, 2.75) is 0 Å². The van der Waals surface area contributed by atoms with Gasteiger partial charge in [0.05, 0.1) is 25.4 Å². The zero-order valence-electron chi connectivity index (χ0n) is 12.2. The summed E-state index contributed by atoms with van der Waals surface area (Å²) in [7, 11) is 3.19. The van der Waals surface area contributed by atoms with E-state index in [9.17, 15) is 5.11 Å². The number of fused-ring (bicyclic) bond motifs is 1. The lowest BCUT2D eigenvalue weighted by Crippen LogP contribution is -1.80. The summed E-state index contributed by atoms with van der Waals surface area (Å²) in [4.78, 5) is 2.86. The number of benzene rings is 2. The smallest absolute Gasteiger partial charge is 0.218 e. The minimum atomic E-state index is -0.0273. The van der Waals surface area contributed by atoms with E-state index >= 15 is 0 Å². The first-order chi connectivity index (χ1) is 10.7. The summed E-state index contributed by atoms with van der Waals surface area (Å²) in [6, 6.07) is 12.6. The Bertz CT molecular complexity index is 823. The fraction of sp³-hybridized carbons (Fsp3) is 0.125. The molecule has 0 aliphatic rings. The van der Waals surface area contributed by atoms with Gasteiger partial charge >= 0.3 is 0 Å². The van der Waals surface area contributed by atoms with Crippen molar-refractivity contribution in [1.29, 1.82) is 0 Å². The molecule has 0 saturated carbocycles. The lowest BCUT2D eigenvalue weighted by Gasteiger charge is -1.99. The predicted octanol–water partition coefficient (Wildman–Crippen LogP) is 4.31. The third-order valence-corrected chi connectivity index (χ3v) is 3.30. The van der Waals surface area contributed by atoms with E-state index < -0.39 is 0 Å². The molecule has 1 aromatic heterocycles. The van der Waals surface area contributed by atoms with Gasteiger partial charge in [0.2, 0.25) is 5.88 Å². The zero-order valence-corrected chi connectivity index (χ0v) is 12.2. The molecule has 0 aliphatic carbocycles. The normalized spacial score (nSPS) is 11.2. The molecule has 0 amide bonds. The Morgan fingerprint density at radius 1 is 0.909 bits per heavy atom. The summed E-state index contributed by atoms with van der Waals surface area (Å²) in [5.41, 5.74) is 1.81. The van der Waals surface area contributed by atoms with Crippen molar-refractivity contribution >= 4 is 22.3 Å². The molecule has 0 fully saturated rings. The highest BCUT2D eigenvalue weighted by atomic mass is 16.5. The SMILES string of the molecule is COc1ccc(N=Nc2c(O)[nH]c3ccc(OC)cc23)cc1. The number of aromatic hydroxyl groups is 1. The van der Waals surface area contributed by atoms with E-state index in [2.05, 4.69) is 15.2 Å². The lowest BCUT2D eigenvalue weighted by atomic mass is 10.2. The summed E-state index contributed by atoms with van der Waals surface area (Å²) >= 11 is 0. The van der Waals surface area contributed by atoms with Gasteiger partial charge in [-0.15, -0.1) is 5.11 Å². The third kappa shape index (κ3) is 2.58. The van der Waals surface area contributed by atoms with E-state index in [1.54, 1.807) is 44.6 Å². The number of ether oxygens (including phenoxy) is 2. The molecule has 112 valence electrons. The number of rotatable bonds is 4. The highest BCUT2D eigenvalue weighted by Crippen LogP contribution is 2.38. The Kier molecular flexibility index (Phi) is 3.65. The van der Waals surface area contributed by atoms with E-state index in [1.807, 2.05) is 12.1 Å². The topological polar surface area (TPSA) is 79.2 Å². The van der Waals surface area contributed by atoms with Gasteiger partial charge in [-0.05, 0) is 42.5 Å². The number of H-pyrrole nitrogens is 1. The lowest BCUT2D eigenvalue weighted by molar-refractivity contribution is 0.415. The molecule has 0 radical (unpaired) electrons. The van der Waals surface area contributed by atoms with Gasteiger partial charge in [0.1, 0.15) is 11.5 Å². The minimum absolute atomic E-state index is 0.0273. The molecule has 1 heterocycles. The molecule has 2 N–H and O–H groups in total. The summed E-state index contributed by atoms with van der Waals surface area (Å²) in [6.45, 7) is 0. The van der Waals surface area contributed by atoms with Crippen LogP contribution >= 0.6 is 0 Å². The molecule has 3 aromatic rings. The monoisotopic (exact) mass is 297 g/mol. The maximum atomic E-state index is 9.99. The van der Waals surface area contributed by atoms with E-state index in [-0.39, 0.29) is 5.88 Å². The van der Waals surface area contributed by atoms with Crippen LogP contribution < -0.4 is 9.47 Å². The van der Waals surface area contributed by atoms with Crippen LogP contribution in [0, 0.1) is 0 Å². The highest BCUT2D eigenvalue weighted by Gasteiger charge is 2.11. The van der Waals surface area contributed by atoms with Crippen molar-refractivity contribution in [2.75, 3.05) is 14.2 Å². The van der Waals surface area contributed by atoms with Crippen molar-refractivity contribution < 1.29 is 14.6 Å². The molecular weight excluding hydrogens is 282 g/mol. The number of aromatic amines is 1. The van der Waals surface area contributed by atoms with E-state index in [0.717, 1.165) is 16.7 Å². The third-order valence-electron chi connectivity index (χ3n) is 3.30. The highest BCUT2D eigenvalue weighted by molar-refractivity contribution is 5.95. The molecule has 0 aliphatic heterocycles. The number of nitrogens with one attached hydrogen (secondary N) is 1. The molecule has 0 bridgehead atoms. The maximum absolute atomic E-state index is 9.99. The maximum Gasteiger partial charge on any atom is 0.218 e. The van der Waals surface area contributed by atoms with Crippen LogP contribution in [0.3, 0.4) is 0 Å². The van der Waals surface area contributed by atoms with Crippen LogP contribution in [0.25, 0.3) is 10.9 Å². The van der Waals surface area contributed by atoms with E-state index in [4.69, 9.17) is 9.47 Å². The van der Waals surface area contributed by atoms with Crippen LogP contribution in [0.2, 0.25) is 0 Å². The molecular formula is C16H15N3O3. The number of methoxy groups -OCH3 is 2. The first-order valence-corrected chi connectivity index (χ1v) is 6.65. The first-order valence-electron chi connectivity index (χ1n) is 6.65. The van der Waals surface area contributed by atoms with E-state index in [0.29, 0.717) is 17.1 Å². The first kappa shape index (κ1) is 13.9. The Hall–Kier alpha value is -3.02. The van der Waals surface area contributed by atoms with Gasteiger partial charge in [0.15, 0.2) is 5.69 Å². The van der Waals surface area contributed by atoms with Crippen LogP contribution in [0.1, 0.15) is 0 Å². The van der Waals surface area contributed by atoms with Crippen LogP contribution in [-0.2, 0) is 0 Å². The van der Waals surface area contributed by atoms with Crippen molar-refractivity contribution in [1.82, 2.24) is 4.98 Å². The Morgan fingerprint density at radius 2 is 1.59 bits per heavy atom. The molecule has 6 nitrogen and oxygen atoms in total. The number of nitrogens with zero attached hydrogens (tertiary/aromatic N) is 2. The van der Waals surface area contributed by atoms with Gasteiger partial charge in [0, 0.05) is 5.39 Å². The quantitative estimate of drug-likeness (QED) is 0.704. The second kappa shape index (κ2) is 5.77. The molecule has 0 atom stereocenters. The predicted molar refractivity (Wildman–Crippen MR) is 83.7 cm³/mol. The van der Waals surface area contributed by atoms with Crippen LogP contribution in [0.5, 0.6) is 17.4 Å².